The molecular weight excluding hydrogens is 311 g/mol. The Balaban J connectivity index is 1.57. The van der Waals surface area contributed by atoms with Crippen LogP contribution >= 0.6 is 0 Å². The maximum absolute atomic E-state index is 14.4. The summed E-state index contributed by atoms with van der Waals surface area (Å²) in [5, 5.41) is 0. The molecule has 1 atom stereocenters. The minimum atomic E-state index is -1.55. The van der Waals surface area contributed by atoms with E-state index in [1.54, 1.807) is 19.1 Å². The minimum Gasteiger partial charge on any atom is -0.383 e. The summed E-state index contributed by atoms with van der Waals surface area (Å²) >= 11 is 0. The number of amides is 1. The average Bonchev–Trinajstić information content (AvgIpc) is 2.88. The number of methoxy groups -OCH3 is 2. The SMILES string of the molecule is COCCN1CC2(CCN(C(=O)C3(F)CCC3)CC2)C[C@H]1COC. The molecule has 24 heavy (non-hydrogen) atoms. The fourth-order valence-electron chi connectivity index (χ4n) is 4.61. The van der Waals surface area contributed by atoms with Gasteiger partial charge in [-0.15, -0.1) is 0 Å². The van der Waals surface area contributed by atoms with Gasteiger partial charge in [0.2, 0.25) is 0 Å². The van der Waals surface area contributed by atoms with Crippen molar-refractivity contribution in [2.24, 2.45) is 5.41 Å². The number of rotatable bonds is 6. The molecule has 0 radical (unpaired) electrons. The topological polar surface area (TPSA) is 42.0 Å². The number of nitrogens with zero attached hydrogens (tertiary/aromatic N) is 2. The van der Waals surface area contributed by atoms with Gasteiger partial charge in [-0.3, -0.25) is 9.69 Å². The normalized spacial score (nSPS) is 29.0. The summed E-state index contributed by atoms with van der Waals surface area (Å²) in [4.78, 5) is 16.6. The molecule has 5 nitrogen and oxygen atoms in total. The highest BCUT2D eigenvalue weighted by atomic mass is 19.1. The smallest absolute Gasteiger partial charge is 0.260 e. The Morgan fingerprint density at radius 2 is 1.88 bits per heavy atom. The zero-order chi connectivity index (χ0) is 17.2. The van der Waals surface area contributed by atoms with Crippen LogP contribution in [0.4, 0.5) is 4.39 Å². The third-order valence-electron chi connectivity index (χ3n) is 6.31. The molecular formula is C18H31FN2O3. The predicted octanol–water partition coefficient (Wildman–Crippen LogP) is 1.85. The van der Waals surface area contributed by atoms with E-state index >= 15 is 0 Å². The van der Waals surface area contributed by atoms with Gasteiger partial charge in [0.05, 0.1) is 13.2 Å². The Kier molecular flexibility index (Phi) is 5.47. The molecule has 1 aliphatic carbocycles. The van der Waals surface area contributed by atoms with Crippen LogP contribution in [0, 0.1) is 5.41 Å². The van der Waals surface area contributed by atoms with Crippen molar-refractivity contribution < 1.29 is 18.7 Å². The van der Waals surface area contributed by atoms with Gasteiger partial charge < -0.3 is 14.4 Å². The lowest BCUT2D eigenvalue weighted by Gasteiger charge is -2.43. The van der Waals surface area contributed by atoms with Crippen molar-refractivity contribution in [3.8, 4) is 0 Å². The first-order valence-electron chi connectivity index (χ1n) is 9.22. The average molecular weight is 342 g/mol. The number of likely N-dealkylation sites (tertiary alicyclic amines) is 2. The van der Waals surface area contributed by atoms with Crippen molar-refractivity contribution in [3.63, 3.8) is 0 Å². The van der Waals surface area contributed by atoms with E-state index in [2.05, 4.69) is 4.90 Å². The van der Waals surface area contributed by atoms with Gasteiger partial charge in [-0.2, -0.15) is 0 Å². The Hall–Kier alpha value is -0.720. The molecule has 6 heteroatoms. The fourth-order valence-corrected chi connectivity index (χ4v) is 4.61. The van der Waals surface area contributed by atoms with Crippen molar-refractivity contribution in [1.29, 1.82) is 0 Å². The molecule has 2 saturated heterocycles. The molecule has 138 valence electrons. The summed E-state index contributed by atoms with van der Waals surface area (Å²) in [6.45, 7) is 4.81. The van der Waals surface area contributed by atoms with Gasteiger partial charge in [0.15, 0.2) is 5.67 Å². The predicted molar refractivity (Wildman–Crippen MR) is 89.7 cm³/mol. The summed E-state index contributed by atoms with van der Waals surface area (Å²) < 4.78 is 25.0. The first kappa shape index (κ1) is 18.1. The summed E-state index contributed by atoms with van der Waals surface area (Å²) in [6.07, 6.45) is 4.71. The molecule has 0 unspecified atom stereocenters. The zero-order valence-electron chi connectivity index (χ0n) is 15.1. The van der Waals surface area contributed by atoms with E-state index in [9.17, 15) is 9.18 Å². The van der Waals surface area contributed by atoms with E-state index in [-0.39, 0.29) is 11.3 Å². The summed E-state index contributed by atoms with van der Waals surface area (Å²) in [5.74, 6) is -0.258. The first-order valence-corrected chi connectivity index (χ1v) is 9.22. The van der Waals surface area contributed by atoms with Crippen molar-refractivity contribution in [1.82, 2.24) is 9.80 Å². The van der Waals surface area contributed by atoms with E-state index in [0.29, 0.717) is 32.0 Å². The number of carbonyl (C=O) groups is 1. The summed E-state index contributed by atoms with van der Waals surface area (Å²) in [5.41, 5.74) is -1.31. The first-order chi connectivity index (χ1) is 11.5. The lowest BCUT2D eigenvalue weighted by Crippen LogP contribution is -2.54. The highest BCUT2D eigenvalue weighted by Gasteiger charge is 2.50. The number of hydrogen-bond donors (Lipinski definition) is 0. The standard InChI is InChI=1S/C18H31FN2O3/c1-23-11-10-21-14-17(12-15(21)13-24-2)6-8-20(9-7-17)16(22)18(19)4-3-5-18/h15H,3-14H2,1-2H3/t15-/m0/s1. The molecule has 1 spiro atoms. The maximum atomic E-state index is 14.4. The van der Waals surface area contributed by atoms with E-state index in [1.165, 1.54) is 0 Å². The molecule has 3 aliphatic rings. The van der Waals surface area contributed by atoms with Crippen molar-refractivity contribution in [3.05, 3.63) is 0 Å². The van der Waals surface area contributed by atoms with Crippen LogP contribution < -0.4 is 0 Å². The molecule has 2 aliphatic heterocycles. The number of ether oxygens (including phenoxy) is 2. The van der Waals surface area contributed by atoms with Crippen molar-refractivity contribution in [2.45, 2.75) is 50.2 Å². The molecule has 0 bridgehead atoms. The molecule has 1 saturated carbocycles. The third kappa shape index (κ3) is 3.46. The van der Waals surface area contributed by atoms with E-state index in [1.807, 2.05) is 0 Å². The number of hydrogen-bond acceptors (Lipinski definition) is 4. The Labute approximate surface area is 144 Å². The molecule has 0 N–H and O–H groups in total. The molecule has 1 amide bonds. The number of alkyl halides is 1. The van der Waals surface area contributed by atoms with Crippen LogP contribution in [0.25, 0.3) is 0 Å². The molecule has 0 aromatic heterocycles. The van der Waals surface area contributed by atoms with Gasteiger partial charge in [0.1, 0.15) is 0 Å². The van der Waals surface area contributed by atoms with Gasteiger partial charge in [-0.05, 0) is 43.9 Å². The maximum Gasteiger partial charge on any atom is 0.260 e. The van der Waals surface area contributed by atoms with E-state index in [4.69, 9.17) is 9.47 Å². The van der Waals surface area contributed by atoms with Gasteiger partial charge in [0, 0.05) is 46.4 Å². The minimum absolute atomic E-state index is 0.247. The quantitative estimate of drug-likeness (QED) is 0.739. The van der Waals surface area contributed by atoms with Gasteiger partial charge in [-0.1, -0.05) is 0 Å². The lowest BCUT2D eigenvalue weighted by atomic mass is 9.75. The Morgan fingerprint density at radius 1 is 1.17 bits per heavy atom. The zero-order valence-corrected chi connectivity index (χ0v) is 15.1. The highest BCUT2D eigenvalue weighted by Crippen LogP contribution is 2.45. The van der Waals surface area contributed by atoms with Crippen LogP contribution in [-0.2, 0) is 14.3 Å². The summed E-state index contributed by atoms with van der Waals surface area (Å²) in [7, 11) is 3.48. The monoisotopic (exact) mass is 342 g/mol. The van der Waals surface area contributed by atoms with E-state index < -0.39 is 5.67 Å². The van der Waals surface area contributed by atoms with E-state index in [0.717, 1.165) is 52.0 Å². The Morgan fingerprint density at radius 3 is 2.42 bits per heavy atom. The van der Waals surface area contributed by atoms with Crippen LogP contribution in [0.3, 0.4) is 0 Å². The summed E-state index contributed by atoms with van der Waals surface area (Å²) in [6, 6.07) is 0.423. The highest BCUT2D eigenvalue weighted by molar-refractivity contribution is 5.86. The lowest BCUT2D eigenvalue weighted by molar-refractivity contribution is -0.152. The molecule has 3 rings (SSSR count). The van der Waals surface area contributed by atoms with Gasteiger partial charge in [-0.25, -0.2) is 4.39 Å². The largest absolute Gasteiger partial charge is 0.383 e. The van der Waals surface area contributed by atoms with Crippen LogP contribution in [0.15, 0.2) is 0 Å². The second kappa shape index (κ2) is 7.26. The van der Waals surface area contributed by atoms with Crippen LogP contribution in [0.1, 0.15) is 38.5 Å². The fraction of sp³-hybridized carbons (Fsp3) is 0.944. The molecule has 2 heterocycles. The molecule has 3 fully saturated rings. The number of halogens is 1. The van der Waals surface area contributed by atoms with Crippen LogP contribution in [-0.4, -0.2) is 81.0 Å². The number of carbonyl (C=O) groups excluding carboxylic acids is 1. The van der Waals surface area contributed by atoms with Gasteiger partial charge in [0.25, 0.3) is 5.91 Å². The van der Waals surface area contributed by atoms with Crippen LogP contribution in [0.5, 0.6) is 0 Å². The number of piperidine rings is 1. The molecule has 0 aromatic rings. The van der Waals surface area contributed by atoms with Crippen LogP contribution in [0.2, 0.25) is 0 Å². The van der Waals surface area contributed by atoms with Gasteiger partial charge >= 0.3 is 0 Å². The van der Waals surface area contributed by atoms with Crippen molar-refractivity contribution >= 4 is 5.91 Å². The second-order valence-corrected chi connectivity index (χ2v) is 7.89. The third-order valence-corrected chi connectivity index (χ3v) is 6.31. The second-order valence-electron chi connectivity index (χ2n) is 7.89. The molecule has 0 aromatic carbocycles. The van der Waals surface area contributed by atoms with Crippen molar-refractivity contribution in [2.75, 3.05) is 53.6 Å². The Bertz CT molecular complexity index is 448.